The van der Waals surface area contributed by atoms with E-state index >= 15 is 0 Å². The molecule has 3 heterocycles. The van der Waals surface area contributed by atoms with Crippen molar-refractivity contribution in [2.75, 3.05) is 58.9 Å². The molecule has 0 radical (unpaired) electrons. The van der Waals surface area contributed by atoms with Crippen molar-refractivity contribution in [1.82, 2.24) is 20.0 Å². The quantitative estimate of drug-likeness (QED) is 0.836. The number of piperazine rings is 1. The summed E-state index contributed by atoms with van der Waals surface area (Å²) in [7, 11) is 0. The van der Waals surface area contributed by atoms with E-state index in [-0.39, 0.29) is 6.09 Å². The van der Waals surface area contributed by atoms with E-state index in [1.54, 1.807) is 0 Å². The van der Waals surface area contributed by atoms with Gasteiger partial charge < -0.3 is 19.9 Å². The Morgan fingerprint density at radius 3 is 2.36 bits per heavy atom. The summed E-state index contributed by atoms with van der Waals surface area (Å²) in [5.74, 6) is 0.595. The Bertz CT molecular complexity index is 437. The first-order valence-electron chi connectivity index (χ1n) is 10.1. The fourth-order valence-electron chi connectivity index (χ4n) is 4.32. The number of hydrogen-bond acceptors (Lipinski definition) is 5. The van der Waals surface area contributed by atoms with Gasteiger partial charge in [0.1, 0.15) is 5.60 Å². The molecule has 3 saturated heterocycles. The maximum Gasteiger partial charge on any atom is 0.410 e. The van der Waals surface area contributed by atoms with E-state index < -0.39 is 5.60 Å². The summed E-state index contributed by atoms with van der Waals surface area (Å²) >= 11 is 0. The van der Waals surface area contributed by atoms with Crippen molar-refractivity contribution in [2.45, 2.75) is 51.7 Å². The number of amides is 1. The average Bonchev–Trinajstić information content (AvgIpc) is 3.04. The van der Waals surface area contributed by atoms with Crippen LogP contribution in [0.1, 0.15) is 40.0 Å². The summed E-state index contributed by atoms with van der Waals surface area (Å²) < 4.78 is 5.50. The lowest BCUT2D eigenvalue weighted by Crippen LogP contribution is -2.53. The van der Waals surface area contributed by atoms with Crippen molar-refractivity contribution < 1.29 is 9.53 Å². The topological polar surface area (TPSA) is 48.1 Å². The van der Waals surface area contributed by atoms with Crippen molar-refractivity contribution in [3.8, 4) is 0 Å². The van der Waals surface area contributed by atoms with Gasteiger partial charge in [0.2, 0.25) is 0 Å². The summed E-state index contributed by atoms with van der Waals surface area (Å²) in [6, 6.07) is 0.789. The molecule has 0 spiro atoms. The number of likely N-dealkylation sites (tertiary alicyclic amines) is 1. The highest BCUT2D eigenvalue weighted by Gasteiger charge is 2.32. The van der Waals surface area contributed by atoms with E-state index in [9.17, 15) is 4.79 Å². The molecule has 0 aromatic rings. The minimum absolute atomic E-state index is 0.147. The standard InChI is InChI=1S/C19H36N4O2/c1-19(2,3)25-18(24)23-9-6-16(15-23)14-21-10-12-22(13-11-21)17-4-7-20-8-5-17/h16-17,20H,4-15H2,1-3H3. The molecule has 3 aliphatic rings. The molecule has 1 unspecified atom stereocenters. The highest BCUT2D eigenvalue weighted by Crippen LogP contribution is 2.22. The number of ether oxygens (including phenoxy) is 1. The summed E-state index contributed by atoms with van der Waals surface area (Å²) in [5.41, 5.74) is -0.403. The first kappa shape index (κ1) is 18.9. The van der Waals surface area contributed by atoms with Gasteiger partial charge in [0.15, 0.2) is 0 Å². The van der Waals surface area contributed by atoms with E-state index in [2.05, 4.69) is 15.1 Å². The van der Waals surface area contributed by atoms with Crippen molar-refractivity contribution in [3.05, 3.63) is 0 Å². The predicted octanol–water partition coefficient (Wildman–Crippen LogP) is 1.61. The second-order valence-corrected chi connectivity index (χ2v) is 8.90. The van der Waals surface area contributed by atoms with Gasteiger partial charge in [-0.3, -0.25) is 4.90 Å². The predicted molar refractivity (Wildman–Crippen MR) is 99.8 cm³/mol. The number of carbonyl (C=O) groups excluding carboxylic acids is 1. The van der Waals surface area contributed by atoms with Crippen molar-refractivity contribution >= 4 is 6.09 Å². The third kappa shape index (κ3) is 5.56. The van der Waals surface area contributed by atoms with Gasteiger partial charge in [-0.05, 0) is 59.0 Å². The minimum Gasteiger partial charge on any atom is -0.444 e. The van der Waals surface area contributed by atoms with Gasteiger partial charge in [0.05, 0.1) is 0 Å². The average molecular weight is 353 g/mol. The Hall–Kier alpha value is -0.850. The largest absolute Gasteiger partial charge is 0.444 e. The molecule has 6 nitrogen and oxygen atoms in total. The fraction of sp³-hybridized carbons (Fsp3) is 0.947. The lowest BCUT2D eigenvalue weighted by Gasteiger charge is -2.41. The van der Waals surface area contributed by atoms with Gasteiger partial charge in [0.25, 0.3) is 0 Å². The van der Waals surface area contributed by atoms with Crippen molar-refractivity contribution in [2.24, 2.45) is 5.92 Å². The van der Waals surface area contributed by atoms with Crippen LogP contribution < -0.4 is 5.32 Å². The van der Waals surface area contributed by atoms with Crippen LogP contribution in [0, 0.1) is 5.92 Å². The summed E-state index contributed by atoms with van der Waals surface area (Å²) in [4.78, 5) is 19.4. The zero-order valence-corrected chi connectivity index (χ0v) is 16.3. The van der Waals surface area contributed by atoms with Crippen molar-refractivity contribution in [1.29, 1.82) is 0 Å². The van der Waals surface area contributed by atoms with Crippen LogP contribution >= 0.6 is 0 Å². The van der Waals surface area contributed by atoms with Gasteiger partial charge in [-0.2, -0.15) is 0 Å². The van der Waals surface area contributed by atoms with E-state index in [0.717, 1.165) is 32.1 Å². The third-order valence-corrected chi connectivity index (χ3v) is 5.69. The van der Waals surface area contributed by atoms with E-state index in [0.29, 0.717) is 5.92 Å². The zero-order valence-electron chi connectivity index (χ0n) is 16.3. The minimum atomic E-state index is -0.403. The molecule has 1 atom stereocenters. The maximum absolute atomic E-state index is 12.2. The molecule has 3 fully saturated rings. The van der Waals surface area contributed by atoms with Gasteiger partial charge in [0, 0.05) is 51.9 Å². The number of nitrogens with one attached hydrogen (secondary N) is 1. The smallest absolute Gasteiger partial charge is 0.410 e. The molecule has 6 heteroatoms. The number of rotatable bonds is 3. The molecular weight excluding hydrogens is 316 g/mol. The number of piperidine rings is 1. The molecule has 0 aromatic carbocycles. The fourth-order valence-corrected chi connectivity index (χ4v) is 4.32. The van der Waals surface area contributed by atoms with Crippen LogP contribution in [0.15, 0.2) is 0 Å². The molecule has 0 saturated carbocycles. The molecule has 1 N–H and O–H groups in total. The molecule has 1 amide bonds. The summed E-state index contributed by atoms with van der Waals surface area (Å²) in [5, 5.41) is 3.46. The second-order valence-electron chi connectivity index (χ2n) is 8.90. The summed E-state index contributed by atoms with van der Waals surface area (Å²) in [6.45, 7) is 15.7. The van der Waals surface area contributed by atoms with Crippen LogP contribution in [0.25, 0.3) is 0 Å². The van der Waals surface area contributed by atoms with Gasteiger partial charge in [-0.1, -0.05) is 0 Å². The number of hydrogen-bond donors (Lipinski definition) is 1. The summed E-state index contributed by atoms with van der Waals surface area (Å²) in [6.07, 6.45) is 3.56. The highest BCUT2D eigenvalue weighted by atomic mass is 16.6. The SMILES string of the molecule is CC(C)(C)OC(=O)N1CCC(CN2CCN(C3CCNCC3)CC2)C1. The monoisotopic (exact) mass is 352 g/mol. The van der Waals surface area contributed by atoms with Gasteiger partial charge in [-0.15, -0.1) is 0 Å². The van der Waals surface area contributed by atoms with Crippen LogP contribution in [-0.2, 0) is 4.74 Å². The lowest BCUT2D eigenvalue weighted by molar-refractivity contribution is 0.0280. The lowest BCUT2D eigenvalue weighted by atomic mass is 10.0. The Kier molecular flexibility index (Phi) is 6.23. The van der Waals surface area contributed by atoms with E-state index in [1.807, 2.05) is 25.7 Å². The molecular formula is C19H36N4O2. The first-order valence-corrected chi connectivity index (χ1v) is 10.1. The van der Waals surface area contributed by atoms with Gasteiger partial charge >= 0.3 is 6.09 Å². The normalized spacial score (nSPS) is 27.6. The molecule has 3 aliphatic heterocycles. The van der Waals surface area contributed by atoms with Gasteiger partial charge in [-0.25, -0.2) is 4.79 Å². The first-order chi connectivity index (χ1) is 11.9. The molecule has 3 rings (SSSR count). The molecule has 144 valence electrons. The third-order valence-electron chi connectivity index (χ3n) is 5.69. The van der Waals surface area contributed by atoms with Crippen LogP contribution in [-0.4, -0.2) is 91.3 Å². The van der Waals surface area contributed by atoms with Crippen LogP contribution in [0.3, 0.4) is 0 Å². The molecule has 0 bridgehead atoms. The van der Waals surface area contributed by atoms with E-state index in [1.165, 1.54) is 52.1 Å². The maximum atomic E-state index is 12.2. The Balaban J connectivity index is 1.37. The molecule has 0 aromatic heterocycles. The number of carbonyl (C=O) groups is 1. The molecule has 0 aliphatic carbocycles. The Labute approximate surface area is 152 Å². The molecule has 25 heavy (non-hydrogen) atoms. The van der Waals surface area contributed by atoms with Crippen LogP contribution in [0.5, 0.6) is 0 Å². The Morgan fingerprint density at radius 1 is 1.04 bits per heavy atom. The second kappa shape index (κ2) is 8.23. The number of nitrogens with zero attached hydrogens (tertiary/aromatic N) is 3. The van der Waals surface area contributed by atoms with Crippen LogP contribution in [0.2, 0.25) is 0 Å². The van der Waals surface area contributed by atoms with E-state index in [4.69, 9.17) is 4.74 Å². The Morgan fingerprint density at radius 2 is 1.72 bits per heavy atom. The van der Waals surface area contributed by atoms with Crippen LogP contribution in [0.4, 0.5) is 4.79 Å². The highest BCUT2D eigenvalue weighted by molar-refractivity contribution is 5.68. The van der Waals surface area contributed by atoms with Crippen molar-refractivity contribution in [3.63, 3.8) is 0 Å². The zero-order chi connectivity index (χ0) is 17.9.